The van der Waals surface area contributed by atoms with Gasteiger partial charge in [0.25, 0.3) is 5.69 Å². The summed E-state index contributed by atoms with van der Waals surface area (Å²) in [7, 11) is 0. The molecule has 0 spiro atoms. The maximum Gasteiger partial charge on any atom is 0.291 e. The van der Waals surface area contributed by atoms with Gasteiger partial charge in [-0.3, -0.25) is 14.9 Å². The number of nitro groups is 1. The van der Waals surface area contributed by atoms with Crippen LogP contribution in [-0.2, 0) is 11.2 Å². The van der Waals surface area contributed by atoms with Gasteiger partial charge in [0.2, 0.25) is 5.91 Å². The van der Waals surface area contributed by atoms with Crippen molar-refractivity contribution >= 4 is 17.4 Å². The van der Waals surface area contributed by atoms with Crippen LogP contribution in [-0.4, -0.2) is 20.9 Å². The molecule has 0 bridgehead atoms. The van der Waals surface area contributed by atoms with E-state index in [-0.39, 0.29) is 23.8 Å². The Morgan fingerprint density at radius 2 is 2.05 bits per heavy atom. The van der Waals surface area contributed by atoms with Crippen molar-refractivity contribution in [1.82, 2.24) is 4.98 Å². The summed E-state index contributed by atoms with van der Waals surface area (Å²) < 4.78 is 0. The van der Waals surface area contributed by atoms with Crippen LogP contribution in [0.5, 0.6) is 5.75 Å². The van der Waals surface area contributed by atoms with Gasteiger partial charge in [-0.05, 0) is 5.56 Å². The number of benzene rings is 1. The fourth-order valence-electron chi connectivity index (χ4n) is 1.60. The van der Waals surface area contributed by atoms with Gasteiger partial charge in [0.05, 0.1) is 17.4 Å². The maximum atomic E-state index is 11.8. The summed E-state index contributed by atoms with van der Waals surface area (Å²) in [4.78, 5) is 25.2. The number of carbonyl (C=O) groups excluding carboxylic acids is 1. The van der Waals surface area contributed by atoms with Gasteiger partial charge < -0.3 is 10.4 Å². The van der Waals surface area contributed by atoms with Crippen LogP contribution in [0.1, 0.15) is 5.56 Å². The zero-order chi connectivity index (χ0) is 14.5. The largest absolute Gasteiger partial charge is 0.504 e. The second kappa shape index (κ2) is 5.79. The molecule has 7 nitrogen and oxygen atoms in total. The van der Waals surface area contributed by atoms with Crippen LogP contribution in [0.4, 0.5) is 11.5 Å². The Balaban J connectivity index is 2.06. The minimum Gasteiger partial charge on any atom is -0.504 e. The Morgan fingerprint density at radius 3 is 2.65 bits per heavy atom. The molecule has 0 fully saturated rings. The van der Waals surface area contributed by atoms with Crippen molar-refractivity contribution in [3.63, 3.8) is 0 Å². The average Bonchev–Trinajstić information content (AvgIpc) is 2.42. The van der Waals surface area contributed by atoms with Crippen LogP contribution in [0.15, 0.2) is 42.6 Å². The first-order valence-corrected chi connectivity index (χ1v) is 5.73. The van der Waals surface area contributed by atoms with Gasteiger partial charge in [0.1, 0.15) is 6.20 Å². The van der Waals surface area contributed by atoms with Crippen LogP contribution in [0.25, 0.3) is 0 Å². The molecule has 1 heterocycles. The fourth-order valence-corrected chi connectivity index (χ4v) is 1.60. The van der Waals surface area contributed by atoms with Gasteiger partial charge in [-0.25, -0.2) is 4.98 Å². The molecule has 1 amide bonds. The lowest BCUT2D eigenvalue weighted by molar-refractivity contribution is -0.385. The smallest absolute Gasteiger partial charge is 0.291 e. The van der Waals surface area contributed by atoms with Crippen molar-refractivity contribution in [2.24, 2.45) is 0 Å². The number of hydrogen-bond acceptors (Lipinski definition) is 5. The number of hydrogen-bond donors (Lipinski definition) is 2. The summed E-state index contributed by atoms with van der Waals surface area (Å²) >= 11 is 0. The highest BCUT2D eigenvalue weighted by molar-refractivity contribution is 5.92. The number of aromatic nitrogens is 1. The molecule has 0 saturated carbocycles. The summed E-state index contributed by atoms with van der Waals surface area (Å²) in [5.74, 6) is -0.912. The highest BCUT2D eigenvalue weighted by Crippen LogP contribution is 2.24. The number of pyridine rings is 1. The summed E-state index contributed by atoms with van der Waals surface area (Å²) in [5, 5.41) is 22.5. The Kier molecular flexibility index (Phi) is 3.90. The van der Waals surface area contributed by atoms with Gasteiger partial charge in [0, 0.05) is 0 Å². The minimum atomic E-state index is -0.678. The third-order valence-electron chi connectivity index (χ3n) is 2.53. The quantitative estimate of drug-likeness (QED) is 0.653. The highest BCUT2D eigenvalue weighted by atomic mass is 16.6. The van der Waals surface area contributed by atoms with E-state index in [0.29, 0.717) is 0 Å². The lowest BCUT2D eigenvalue weighted by atomic mass is 10.1. The third kappa shape index (κ3) is 3.29. The van der Waals surface area contributed by atoms with E-state index in [1.54, 1.807) is 12.1 Å². The standard InChI is InChI=1S/C13H11N3O4/c17-11-7-10(16(19)20)8-14-13(11)15-12(18)6-9-4-2-1-3-5-9/h1-5,7-8,17H,6H2,(H,14,15,18). The van der Waals surface area contributed by atoms with E-state index in [9.17, 15) is 20.0 Å². The van der Waals surface area contributed by atoms with Gasteiger partial charge in [-0.1, -0.05) is 30.3 Å². The van der Waals surface area contributed by atoms with E-state index in [1.807, 2.05) is 18.2 Å². The second-order valence-electron chi connectivity index (χ2n) is 4.03. The molecule has 0 aliphatic rings. The molecule has 20 heavy (non-hydrogen) atoms. The van der Waals surface area contributed by atoms with E-state index >= 15 is 0 Å². The molecule has 102 valence electrons. The third-order valence-corrected chi connectivity index (χ3v) is 2.53. The zero-order valence-corrected chi connectivity index (χ0v) is 10.3. The first kappa shape index (κ1) is 13.5. The molecule has 2 rings (SSSR count). The molecule has 2 aromatic rings. The van der Waals surface area contributed by atoms with Crippen LogP contribution < -0.4 is 5.32 Å². The normalized spacial score (nSPS) is 10.0. The lowest BCUT2D eigenvalue weighted by Gasteiger charge is -2.06. The molecule has 0 saturated heterocycles. The van der Waals surface area contributed by atoms with Crippen molar-refractivity contribution in [2.75, 3.05) is 5.32 Å². The predicted octanol–water partition coefficient (Wildman–Crippen LogP) is 1.88. The van der Waals surface area contributed by atoms with Crippen LogP contribution in [0.2, 0.25) is 0 Å². The zero-order valence-electron chi connectivity index (χ0n) is 10.3. The number of rotatable bonds is 4. The monoisotopic (exact) mass is 273 g/mol. The van der Waals surface area contributed by atoms with E-state index in [2.05, 4.69) is 10.3 Å². The van der Waals surface area contributed by atoms with Crippen molar-refractivity contribution in [2.45, 2.75) is 6.42 Å². The highest BCUT2D eigenvalue weighted by Gasteiger charge is 2.13. The van der Waals surface area contributed by atoms with E-state index in [4.69, 9.17) is 0 Å². The van der Waals surface area contributed by atoms with Gasteiger partial charge >= 0.3 is 0 Å². The van der Waals surface area contributed by atoms with Gasteiger partial charge in [0.15, 0.2) is 11.6 Å². The first-order valence-electron chi connectivity index (χ1n) is 5.73. The van der Waals surface area contributed by atoms with Crippen molar-refractivity contribution in [1.29, 1.82) is 0 Å². The number of nitrogens with one attached hydrogen (secondary N) is 1. The maximum absolute atomic E-state index is 11.8. The molecule has 0 aliphatic heterocycles. The molecular weight excluding hydrogens is 262 g/mol. The first-order chi connectivity index (χ1) is 9.56. The number of anilines is 1. The van der Waals surface area contributed by atoms with Crippen LogP contribution in [0.3, 0.4) is 0 Å². The van der Waals surface area contributed by atoms with Gasteiger partial charge in [-0.15, -0.1) is 0 Å². The van der Waals surface area contributed by atoms with Gasteiger partial charge in [-0.2, -0.15) is 0 Å². The molecule has 2 N–H and O–H groups in total. The number of carbonyl (C=O) groups is 1. The van der Waals surface area contributed by atoms with Crippen molar-refractivity contribution < 1.29 is 14.8 Å². The Hall–Kier alpha value is -2.96. The summed E-state index contributed by atoms with van der Waals surface area (Å²) in [6.07, 6.45) is 1.09. The Morgan fingerprint density at radius 1 is 1.35 bits per heavy atom. The molecule has 0 atom stereocenters. The topological polar surface area (TPSA) is 105 Å². The van der Waals surface area contributed by atoms with E-state index in [0.717, 1.165) is 17.8 Å². The molecule has 0 radical (unpaired) electrons. The van der Waals surface area contributed by atoms with Crippen LogP contribution in [0, 0.1) is 10.1 Å². The fraction of sp³-hybridized carbons (Fsp3) is 0.0769. The summed E-state index contributed by atoms with van der Waals surface area (Å²) in [5.41, 5.74) is 0.468. The predicted molar refractivity (Wildman–Crippen MR) is 71.3 cm³/mol. The van der Waals surface area contributed by atoms with Crippen LogP contribution >= 0.6 is 0 Å². The summed E-state index contributed by atoms with van der Waals surface area (Å²) in [6, 6.07) is 9.98. The molecule has 0 unspecified atom stereocenters. The minimum absolute atomic E-state index is 0.100. The summed E-state index contributed by atoms with van der Waals surface area (Å²) in [6.45, 7) is 0. The molecule has 7 heteroatoms. The molecule has 1 aromatic carbocycles. The van der Waals surface area contributed by atoms with E-state index in [1.165, 1.54) is 0 Å². The SMILES string of the molecule is O=C(Cc1ccccc1)Nc1ncc([N+](=O)[O-])cc1O. The average molecular weight is 273 g/mol. The Bertz CT molecular complexity index is 643. The molecular formula is C13H11N3O4. The van der Waals surface area contributed by atoms with E-state index < -0.39 is 10.7 Å². The number of aromatic hydroxyl groups is 1. The van der Waals surface area contributed by atoms with Crippen molar-refractivity contribution in [3.8, 4) is 5.75 Å². The number of nitrogens with zero attached hydrogens (tertiary/aromatic N) is 2. The lowest BCUT2D eigenvalue weighted by Crippen LogP contribution is -2.15. The second-order valence-corrected chi connectivity index (χ2v) is 4.03. The number of amides is 1. The molecule has 1 aromatic heterocycles. The Labute approximate surface area is 114 Å². The van der Waals surface area contributed by atoms with Crippen molar-refractivity contribution in [3.05, 3.63) is 58.3 Å². The molecule has 0 aliphatic carbocycles.